The second kappa shape index (κ2) is 3.54. The summed E-state index contributed by atoms with van der Waals surface area (Å²) in [6.07, 6.45) is 4.03. The van der Waals surface area contributed by atoms with Crippen LogP contribution in [0.4, 0.5) is 0 Å². The first-order chi connectivity index (χ1) is 4.84. The molecule has 54 valence electrons. The number of aryl methyl sites for hydroxylation is 1. The largest absolute Gasteiger partial charge is 0.327 e. The van der Waals surface area contributed by atoms with Crippen molar-refractivity contribution in [2.75, 3.05) is 6.54 Å². The molecule has 0 aliphatic rings. The van der Waals surface area contributed by atoms with Gasteiger partial charge in [0.25, 0.3) is 0 Å². The Labute approximate surface area is 65.2 Å². The highest BCUT2D eigenvalue weighted by molar-refractivity contribution is 7.10. The topological polar surface area (TPSA) is 26.0 Å². The SMILES string of the molecule is Cc1sccc1C=CCN. The molecule has 0 radical (unpaired) electrons. The fourth-order valence-electron chi connectivity index (χ4n) is 0.763. The summed E-state index contributed by atoms with van der Waals surface area (Å²) < 4.78 is 0. The summed E-state index contributed by atoms with van der Waals surface area (Å²) >= 11 is 1.76. The van der Waals surface area contributed by atoms with E-state index < -0.39 is 0 Å². The summed E-state index contributed by atoms with van der Waals surface area (Å²) in [6, 6.07) is 2.10. The Bertz CT molecular complexity index is 225. The number of rotatable bonds is 2. The minimum atomic E-state index is 0.620. The molecule has 0 unspecified atom stereocenters. The van der Waals surface area contributed by atoms with Crippen molar-refractivity contribution in [2.45, 2.75) is 6.92 Å². The monoisotopic (exact) mass is 153 g/mol. The average molecular weight is 153 g/mol. The maximum Gasteiger partial charge on any atom is 0.0110 e. The summed E-state index contributed by atoms with van der Waals surface area (Å²) in [7, 11) is 0. The number of hydrogen-bond donors (Lipinski definition) is 1. The van der Waals surface area contributed by atoms with Crippen molar-refractivity contribution in [1.29, 1.82) is 0 Å². The lowest BCUT2D eigenvalue weighted by atomic mass is 10.2. The quantitative estimate of drug-likeness (QED) is 0.691. The van der Waals surface area contributed by atoms with Gasteiger partial charge in [0, 0.05) is 11.4 Å². The van der Waals surface area contributed by atoms with E-state index in [0.29, 0.717) is 6.54 Å². The Morgan fingerprint density at radius 1 is 1.70 bits per heavy atom. The summed E-state index contributed by atoms with van der Waals surface area (Å²) in [4.78, 5) is 1.35. The van der Waals surface area contributed by atoms with Crippen LogP contribution in [-0.2, 0) is 0 Å². The van der Waals surface area contributed by atoms with Crippen LogP contribution in [-0.4, -0.2) is 6.54 Å². The molecular weight excluding hydrogens is 142 g/mol. The van der Waals surface area contributed by atoms with Crippen molar-refractivity contribution < 1.29 is 0 Å². The highest BCUT2D eigenvalue weighted by Gasteiger charge is 1.91. The molecule has 0 aliphatic heterocycles. The average Bonchev–Trinajstić information content (AvgIpc) is 2.31. The first kappa shape index (κ1) is 7.51. The van der Waals surface area contributed by atoms with Crippen LogP contribution in [0.2, 0.25) is 0 Å². The van der Waals surface area contributed by atoms with Crippen LogP contribution in [0.1, 0.15) is 10.4 Å². The molecule has 1 aromatic heterocycles. The van der Waals surface area contributed by atoms with E-state index in [9.17, 15) is 0 Å². The van der Waals surface area contributed by atoms with Crippen LogP contribution in [0.3, 0.4) is 0 Å². The molecule has 10 heavy (non-hydrogen) atoms. The first-order valence-corrected chi connectivity index (χ1v) is 4.13. The molecule has 1 nitrogen and oxygen atoms in total. The number of thiophene rings is 1. The molecule has 0 atom stereocenters. The van der Waals surface area contributed by atoms with E-state index in [1.807, 2.05) is 6.08 Å². The Balaban J connectivity index is 2.74. The van der Waals surface area contributed by atoms with Gasteiger partial charge >= 0.3 is 0 Å². The molecule has 0 saturated heterocycles. The summed E-state index contributed by atoms with van der Waals surface area (Å²) in [5, 5.41) is 2.09. The van der Waals surface area contributed by atoms with Gasteiger partial charge in [-0.05, 0) is 23.9 Å². The minimum Gasteiger partial charge on any atom is -0.327 e. The zero-order valence-electron chi connectivity index (χ0n) is 6.00. The Kier molecular flexibility index (Phi) is 2.66. The van der Waals surface area contributed by atoms with E-state index >= 15 is 0 Å². The van der Waals surface area contributed by atoms with Gasteiger partial charge < -0.3 is 5.73 Å². The Hall–Kier alpha value is -0.600. The van der Waals surface area contributed by atoms with Crippen LogP contribution in [0.5, 0.6) is 0 Å². The van der Waals surface area contributed by atoms with Crippen LogP contribution in [0, 0.1) is 6.92 Å². The highest BCUT2D eigenvalue weighted by Crippen LogP contribution is 2.15. The predicted molar refractivity (Wildman–Crippen MR) is 47.1 cm³/mol. The van der Waals surface area contributed by atoms with Gasteiger partial charge in [-0.3, -0.25) is 0 Å². The molecule has 0 amide bonds. The zero-order valence-corrected chi connectivity index (χ0v) is 6.82. The molecule has 0 aromatic carbocycles. The maximum atomic E-state index is 5.31. The van der Waals surface area contributed by atoms with Crippen molar-refractivity contribution >= 4 is 17.4 Å². The molecule has 0 saturated carbocycles. The van der Waals surface area contributed by atoms with Crippen molar-refractivity contribution in [3.8, 4) is 0 Å². The van der Waals surface area contributed by atoms with E-state index in [2.05, 4.69) is 24.4 Å². The molecule has 0 bridgehead atoms. The van der Waals surface area contributed by atoms with Crippen molar-refractivity contribution in [1.82, 2.24) is 0 Å². The van der Waals surface area contributed by atoms with Gasteiger partial charge in [0.15, 0.2) is 0 Å². The Morgan fingerprint density at radius 2 is 2.50 bits per heavy atom. The molecule has 0 spiro atoms. The molecule has 0 aliphatic carbocycles. The number of nitrogens with two attached hydrogens (primary N) is 1. The fraction of sp³-hybridized carbons (Fsp3) is 0.250. The molecule has 1 aromatic rings. The van der Waals surface area contributed by atoms with Crippen molar-refractivity contribution in [3.05, 3.63) is 28.0 Å². The smallest absolute Gasteiger partial charge is 0.0110 e. The van der Waals surface area contributed by atoms with Gasteiger partial charge in [0.05, 0.1) is 0 Å². The third-order valence-electron chi connectivity index (χ3n) is 1.33. The second-order valence-electron chi connectivity index (χ2n) is 2.07. The summed E-state index contributed by atoms with van der Waals surface area (Å²) in [5.74, 6) is 0. The van der Waals surface area contributed by atoms with Gasteiger partial charge in [-0.15, -0.1) is 11.3 Å². The minimum absolute atomic E-state index is 0.620. The van der Waals surface area contributed by atoms with Crippen LogP contribution in [0.25, 0.3) is 6.08 Å². The van der Waals surface area contributed by atoms with Crippen LogP contribution < -0.4 is 5.73 Å². The second-order valence-corrected chi connectivity index (χ2v) is 3.19. The molecule has 0 fully saturated rings. The van der Waals surface area contributed by atoms with E-state index in [1.165, 1.54) is 10.4 Å². The van der Waals surface area contributed by atoms with Crippen molar-refractivity contribution in [2.24, 2.45) is 5.73 Å². The Morgan fingerprint density at radius 3 is 3.00 bits per heavy atom. The van der Waals surface area contributed by atoms with Crippen molar-refractivity contribution in [3.63, 3.8) is 0 Å². The van der Waals surface area contributed by atoms with E-state index in [4.69, 9.17) is 5.73 Å². The highest BCUT2D eigenvalue weighted by atomic mass is 32.1. The molecule has 1 rings (SSSR count). The standard InChI is InChI=1S/C8H11NS/c1-7-8(3-2-5-9)4-6-10-7/h2-4,6H,5,9H2,1H3. The van der Waals surface area contributed by atoms with Gasteiger partial charge in [-0.25, -0.2) is 0 Å². The van der Waals surface area contributed by atoms with Gasteiger partial charge in [0.1, 0.15) is 0 Å². The predicted octanol–water partition coefficient (Wildman–Crippen LogP) is 2.03. The summed E-state index contributed by atoms with van der Waals surface area (Å²) in [6.45, 7) is 2.73. The first-order valence-electron chi connectivity index (χ1n) is 3.25. The van der Waals surface area contributed by atoms with E-state index in [0.717, 1.165) is 0 Å². The lowest BCUT2D eigenvalue weighted by Crippen LogP contribution is -1.91. The fourth-order valence-corrected chi connectivity index (χ4v) is 1.45. The third-order valence-corrected chi connectivity index (χ3v) is 2.19. The lowest BCUT2D eigenvalue weighted by Gasteiger charge is -1.86. The maximum absolute atomic E-state index is 5.31. The molecule has 2 heteroatoms. The zero-order chi connectivity index (χ0) is 7.40. The summed E-state index contributed by atoms with van der Waals surface area (Å²) in [5.41, 5.74) is 6.60. The number of hydrogen-bond acceptors (Lipinski definition) is 2. The van der Waals surface area contributed by atoms with Crippen LogP contribution in [0.15, 0.2) is 17.5 Å². The third kappa shape index (κ3) is 1.69. The molecule has 2 N–H and O–H groups in total. The lowest BCUT2D eigenvalue weighted by molar-refractivity contribution is 1.26. The van der Waals surface area contributed by atoms with Gasteiger partial charge in [-0.2, -0.15) is 0 Å². The van der Waals surface area contributed by atoms with Crippen LogP contribution >= 0.6 is 11.3 Å². The van der Waals surface area contributed by atoms with Gasteiger partial charge in [-0.1, -0.05) is 12.2 Å². The molecule has 1 heterocycles. The molecular formula is C8H11NS. The van der Waals surface area contributed by atoms with E-state index in [1.54, 1.807) is 11.3 Å². The van der Waals surface area contributed by atoms with E-state index in [-0.39, 0.29) is 0 Å². The normalized spacial score (nSPS) is 11.0. The van der Waals surface area contributed by atoms with Gasteiger partial charge in [0.2, 0.25) is 0 Å².